The van der Waals surface area contributed by atoms with Gasteiger partial charge in [-0.15, -0.1) is 0 Å². The molecule has 0 aliphatic rings. The number of rotatable bonds is 3. The highest BCUT2D eigenvalue weighted by atomic mass is 19.1. The van der Waals surface area contributed by atoms with Crippen molar-refractivity contribution in [2.75, 3.05) is 0 Å². The lowest BCUT2D eigenvalue weighted by molar-refractivity contribution is 0.0697. The molecule has 4 rings (SSSR count). The number of aromatic nitrogens is 2. The Bertz CT molecular complexity index is 1150. The first-order chi connectivity index (χ1) is 12.5. The van der Waals surface area contributed by atoms with E-state index in [1.54, 1.807) is 29.1 Å². The van der Waals surface area contributed by atoms with Gasteiger partial charge < -0.3 is 10.2 Å². The van der Waals surface area contributed by atoms with E-state index in [1.165, 1.54) is 18.2 Å². The van der Waals surface area contributed by atoms with Gasteiger partial charge in [0.25, 0.3) is 0 Å². The van der Waals surface area contributed by atoms with Crippen molar-refractivity contribution < 1.29 is 19.4 Å². The van der Waals surface area contributed by atoms with E-state index >= 15 is 0 Å². The van der Waals surface area contributed by atoms with Crippen molar-refractivity contribution in [3.05, 3.63) is 78.2 Å². The predicted molar refractivity (Wildman–Crippen MR) is 95.1 cm³/mol. The number of hydrogen-bond donors (Lipinski definition) is 2. The Morgan fingerprint density at radius 1 is 1.00 bits per heavy atom. The van der Waals surface area contributed by atoms with Crippen molar-refractivity contribution in [2.45, 2.75) is 0 Å². The Morgan fingerprint density at radius 2 is 1.81 bits per heavy atom. The molecular weight excluding hydrogens is 335 g/mol. The predicted octanol–water partition coefficient (Wildman–Crippen LogP) is 4.24. The molecule has 1 heterocycles. The summed E-state index contributed by atoms with van der Waals surface area (Å²) in [5, 5.41) is 23.9. The highest BCUT2D eigenvalue weighted by molar-refractivity contribution is 5.91. The molecule has 0 aliphatic heterocycles. The van der Waals surface area contributed by atoms with E-state index in [2.05, 4.69) is 5.10 Å². The third kappa shape index (κ3) is 2.67. The minimum atomic E-state index is -0.975. The smallest absolute Gasteiger partial charge is 0.335 e. The molecule has 6 heteroatoms. The van der Waals surface area contributed by atoms with Gasteiger partial charge in [0.05, 0.1) is 23.0 Å². The van der Waals surface area contributed by atoms with Crippen LogP contribution in [0.5, 0.6) is 5.75 Å². The van der Waals surface area contributed by atoms with Gasteiger partial charge in [-0.1, -0.05) is 18.2 Å². The van der Waals surface area contributed by atoms with E-state index in [0.29, 0.717) is 5.69 Å². The summed E-state index contributed by atoms with van der Waals surface area (Å²) in [5.74, 6) is -2.10. The van der Waals surface area contributed by atoms with E-state index in [0.717, 1.165) is 22.0 Å². The van der Waals surface area contributed by atoms with E-state index < -0.39 is 17.5 Å². The zero-order chi connectivity index (χ0) is 18.3. The van der Waals surface area contributed by atoms with Gasteiger partial charge in [0.2, 0.25) is 0 Å². The lowest BCUT2D eigenvalue weighted by Gasteiger charge is -2.06. The van der Waals surface area contributed by atoms with Crippen molar-refractivity contribution in [1.29, 1.82) is 0 Å². The van der Waals surface area contributed by atoms with Gasteiger partial charge in [0.15, 0.2) is 11.6 Å². The zero-order valence-corrected chi connectivity index (χ0v) is 13.4. The summed E-state index contributed by atoms with van der Waals surface area (Å²) >= 11 is 0. The SMILES string of the molecule is O=C(O)c1cccc(-c2ccc3c(cnn3-c3ccc(F)c(O)c3)c2)c1. The van der Waals surface area contributed by atoms with Gasteiger partial charge in [-0.25, -0.2) is 13.9 Å². The second kappa shape index (κ2) is 6.00. The van der Waals surface area contributed by atoms with Crippen LogP contribution in [0.4, 0.5) is 4.39 Å². The number of carboxylic acids is 1. The first-order valence-corrected chi connectivity index (χ1v) is 7.83. The number of benzene rings is 3. The van der Waals surface area contributed by atoms with Crippen LogP contribution in [-0.4, -0.2) is 26.0 Å². The average molecular weight is 348 g/mol. The molecule has 0 fully saturated rings. The Labute approximate surface area is 147 Å². The second-order valence-electron chi connectivity index (χ2n) is 5.85. The maximum atomic E-state index is 13.3. The van der Waals surface area contributed by atoms with Crippen LogP contribution >= 0.6 is 0 Å². The number of carbonyl (C=O) groups is 1. The lowest BCUT2D eigenvalue weighted by Crippen LogP contribution is -1.96. The topological polar surface area (TPSA) is 75.3 Å². The van der Waals surface area contributed by atoms with E-state index in [1.807, 2.05) is 24.3 Å². The van der Waals surface area contributed by atoms with Gasteiger partial charge in [0, 0.05) is 11.5 Å². The van der Waals surface area contributed by atoms with E-state index in [-0.39, 0.29) is 5.56 Å². The third-order valence-corrected chi connectivity index (χ3v) is 4.19. The number of nitrogens with zero attached hydrogens (tertiary/aromatic N) is 2. The number of aromatic hydroxyl groups is 1. The van der Waals surface area contributed by atoms with E-state index in [4.69, 9.17) is 5.11 Å². The number of aromatic carboxylic acids is 1. The molecule has 1 aromatic heterocycles. The Hall–Kier alpha value is -3.67. The summed E-state index contributed by atoms with van der Waals surface area (Å²) < 4.78 is 14.9. The number of carboxylic acid groups (broad SMARTS) is 1. The molecule has 0 radical (unpaired) electrons. The van der Waals surface area contributed by atoms with Gasteiger partial charge >= 0.3 is 5.97 Å². The van der Waals surface area contributed by atoms with Gasteiger partial charge in [-0.05, 0) is 47.5 Å². The fourth-order valence-corrected chi connectivity index (χ4v) is 2.88. The number of phenolic OH excluding ortho intramolecular Hbond substituents is 1. The van der Waals surface area contributed by atoms with Crippen LogP contribution in [0, 0.1) is 5.82 Å². The third-order valence-electron chi connectivity index (χ3n) is 4.19. The van der Waals surface area contributed by atoms with E-state index in [9.17, 15) is 14.3 Å². The quantitative estimate of drug-likeness (QED) is 0.581. The molecule has 0 bridgehead atoms. The fraction of sp³-hybridized carbons (Fsp3) is 0. The Kier molecular flexibility index (Phi) is 3.65. The highest BCUT2D eigenvalue weighted by Gasteiger charge is 2.10. The lowest BCUT2D eigenvalue weighted by atomic mass is 10.0. The first-order valence-electron chi connectivity index (χ1n) is 7.83. The summed E-state index contributed by atoms with van der Waals surface area (Å²) in [5.41, 5.74) is 3.20. The van der Waals surface area contributed by atoms with Crippen LogP contribution in [0.2, 0.25) is 0 Å². The molecule has 128 valence electrons. The van der Waals surface area contributed by atoms with Crippen LogP contribution in [0.25, 0.3) is 27.7 Å². The number of phenols is 1. The minimum absolute atomic E-state index is 0.222. The molecule has 0 atom stereocenters. The standard InChI is InChI=1S/C20H13FN2O3/c21-17-6-5-16(10-19(17)24)23-18-7-4-13(9-15(18)11-22-23)12-2-1-3-14(8-12)20(25)26/h1-11,24H,(H,25,26). The van der Waals surface area contributed by atoms with Crippen LogP contribution < -0.4 is 0 Å². The van der Waals surface area contributed by atoms with Crippen LogP contribution in [0.1, 0.15) is 10.4 Å². The van der Waals surface area contributed by atoms with Crippen molar-refractivity contribution >= 4 is 16.9 Å². The monoisotopic (exact) mass is 348 g/mol. The molecule has 2 N–H and O–H groups in total. The van der Waals surface area contributed by atoms with Crippen molar-refractivity contribution in [3.63, 3.8) is 0 Å². The molecule has 0 amide bonds. The fourth-order valence-electron chi connectivity index (χ4n) is 2.88. The molecule has 4 aromatic rings. The molecule has 26 heavy (non-hydrogen) atoms. The van der Waals surface area contributed by atoms with Crippen LogP contribution in [0.15, 0.2) is 66.9 Å². The molecule has 0 saturated heterocycles. The highest BCUT2D eigenvalue weighted by Crippen LogP contribution is 2.28. The Balaban J connectivity index is 1.79. The zero-order valence-electron chi connectivity index (χ0n) is 13.4. The molecule has 0 spiro atoms. The van der Waals surface area contributed by atoms with Gasteiger partial charge in [-0.2, -0.15) is 5.10 Å². The van der Waals surface area contributed by atoms with Gasteiger partial charge in [0.1, 0.15) is 0 Å². The van der Waals surface area contributed by atoms with Crippen molar-refractivity contribution in [1.82, 2.24) is 9.78 Å². The van der Waals surface area contributed by atoms with Crippen LogP contribution in [0.3, 0.4) is 0 Å². The number of fused-ring (bicyclic) bond motifs is 1. The molecule has 3 aromatic carbocycles. The normalized spacial score (nSPS) is 11.0. The first kappa shape index (κ1) is 15.8. The number of halogens is 1. The summed E-state index contributed by atoms with van der Waals surface area (Å²) in [6.07, 6.45) is 1.67. The van der Waals surface area contributed by atoms with Crippen molar-refractivity contribution in [3.8, 4) is 22.6 Å². The largest absolute Gasteiger partial charge is 0.505 e. The summed E-state index contributed by atoms with van der Waals surface area (Å²) in [6.45, 7) is 0. The summed E-state index contributed by atoms with van der Waals surface area (Å²) in [4.78, 5) is 11.1. The minimum Gasteiger partial charge on any atom is -0.505 e. The average Bonchev–Trinajstić information content (AvgIpc) is 3.07. The van der Waals surface area contributed by atoms with Gasteiger partial charge in [-0.3, -0.25) is 0 Å². The van der Waals surface area contributed by atoms with Crippen molar-refractivity contribution in [2.24, 2.45) is 0 Å². The molecule has 0 unspecified atom stereocenters. The maximum Gasteiger partial charge on any atom is 0.335 e. The van der Waals surface area contributed by atoms with Crippen LogP contribution in [-0.2, 0) is 0 Å². The second-order valence-corrected chi connectivity index (χ2v) is 5.85. The summed E-state index contributed by atoms with van der Waals surface area (Å²) in [6, 6.07) is 16.4. The summed E-state index contributed by atoms with van der Waals surface area (Å²) in [7, 11) is 0. The number of hydrogen-bond acceptors (Lipinski definition) is 3. The molecule has 0 saturated carbocycles. The Morgan fingerprint density at radius 3 is 2.58 bits per heavy atom. The molecular formula is C20H13FN2O3. The molecule has 0 aliphatic carbocycles. The maximum absolute atomic E-state index is 13.3. The molecule has 5 nitrogen and oxygen atoms in total.